The molecular formula is C28H31Cl2FN8O2. The maximum atomic E-state index is 15.3. The highest BCUT2D eigenvalue weighted by Gasteiger charge is 2.28. The van der Waals surface area contributed by atoms with Gasteiger partial charge in [0.2, 0.25) is 0 Å². The van der Waals surface area contributed by atoms with Gasteiger partial charge in [0.15, 0.2) is 11.6 Å². The molecule has 3 N–H and O–H groups in total. The lowest BCUT2D eigenvalue weighted by Crippen LogP contribution is -2.56. The molecule has 4 heterocycles. The fourth-order valence-electron chi connectivity index (χ4n) is 4.84. The van der Waals surface area contributed by atoms with Crippen molar-refractivity contribution in [1.29, 1.82) is 5.41 Å². The number of benzene rings is 1. The highest BCUT2D eigenvalue weighted by molar-refractivity contribution is 6.35. The van der Waals surface area contributed by atoms with Crippen LogP contribution in [0.2, 0.25) is 10.0 Å². The Morgan fingerprint density at radius 2 is 1.63 bits per heavy atom. The third kappa shape index (κ3) is 6.47. The minimum Gasteiger partial charge on any atom is -0.489 e. The Bertz CT molecular complexity index is 1420. The van der Waals surface area contributed by atoms with Gasteiger partial charge in [-0.1, -0.05) is 23.2 Å². The van der Waals surface area contributed by atoms with Gasteiger partial charge in [0.25, 0.3) is 0 Å². The van der Waals surface area contributed by atoms with E-state index >= 15 is 4.39 Å². The second-order valence-electron chi connectivity index (χ2n) is 10.1. The number of nitrogen functional groups attached to an aromatic ring is 1. The molecule has 0 unspecified atom stereocenters. The summed E-state index contributed by atoms with van der Waals surface area (Å²) in [6.45, 7) is 5.16. The molecule has 5 rings (SSSR count). The summed E-state index contributed by atoms with van der Waals surface area (Å²) < 4.78 is 21.1. The Balaban J connectivity index is 1.23. The molecule has 2 aliphatic heterocycles. The summed E-state index contributed by atoms with van der Waals surface area (Å²) >= 11 is 12.4. The predicted molar refractivity (Wildman–Crippen MR) is 158 cm³/mol. The van der Waals surface area contributed by atoms with Gasteiger partial charge >= 0.3 is 6.03 Å². The molecule has 41 heavy (non-hydrogen) atoms. The summed E-state index contributed by atoms with van der Waals surface area (Å²) in [4.78, 5) is 28.9. The number of hydrogen-bond donors (Lipinski definition) is 2. The Morgan fingerprint density at radius 1 is 1.00 bits per heavy atom. The van der Waals surface area contributed by atoms with Crippen LogP contribution in [0.1, 0.15) is 16.7 Å². The maximum Gasteiger partial charge on any atom is 0.320 e. The number of anilines is 2. The lowest BCUT2D eigenvalue weighted by atomic mass is 10.0. The summed E-state index contributed by atoms with van der Waals surface area (Å²) in [5.41, 5.74) is 7.75. The van der Waals surface area contributed by atoms with E-state index in [4.69, 9.17) is 39.1 Å². The van der Waals surface area contributed by atoms with Crippen molar-refractivity contribution in [3.05, 3.63) is 75.4 Å². The number of aromatic nitrogens is 2. The molecule has 2 amide bonds. The number of carbonyl (C=O) groups is 1. The van der Waals surface area contributed by atoms with Crippen molar-refractivity contribution in [3.63, 3.8) is 0 Å². The fourth-order valence-corrected chi connectivity index (χ4v) is 5.31. The number of ether oxygens (including phenoxy) is 1. The van der Waals surface area contributed by atoms with Crippen LogP contribution in [0.4, 0.5) is 20.7 Å². The monoisotopic (exact) mass is 600 g/mol. The molecule has 1 aromatic carbocycles. The molecule has 2 aliphatic rings. The quantitative estimate of drug-likeness (QED) is 0.325. The van der Waals surface area contributed by atoms with Gasteiger partial charge < -0.3 is 30.1 Å². The van der Waals surface area contributed by atoms with Crippen molar-refractivity contribution < 1.29 is 13.9 Å². The number of likely N-dealkylation sites (N-methyl/N-ethyl adjacent to an activating group) is 1. The first-order valence-electron chi connectivity index (χ1n) is 13.2. The molecule has 0 saturated carbocycles. The molecule has 0 atom stereocenters. The van der Waals surface area contributed by atoms with Gasteiger partial charge in [0.05, 0.1) is 15.8 Å². The van der Waals surface area contributed by atoms with Gasteiger partial charge in [0.1, 0.15) is 12.4 Å². The highest BCUT2D eigenvalue weighted by atomic mass is 35.5. The molecule has 2 saturated heterocycles. The van der Waals surface area contributed by atoms with E-state index in [1.165, 1.54) is 24.7 Å². The van der Waals surface area contributed by atoms with Crippen LogP contribution >= 0.6 is 23.2 Å². The molecule has 216 valence electrons. The summed E-state index contributed by atoms with van der Waals surface area (Å²) in [6, 6.07) is 6.23. The second-order valence-corrected chi connectivity index (χ2v) is 10.9. The fraction of sp³-hybridized carbons (Fsp3) is 0.357. The first-order valence-corrected chi connectivity index (χ1v) is 14.0. The average molecular weight is 602 g/mol. The number of amides is 2. The SMILES string of the molecule is CN1CCN(C(=O)N2CCN(c3ncc(C(=N)c4cc(OCc5c(Cl)cncc5Cl)ccc4N)cc3F)CC2)CC1. The first kappa shape index (κ1) is 28.8. The van der Waals surface area contributed by atoms with Crippen LogP contribution in [0.15, 0.2) is 42.9 Å². The van der Waals surface area contributed by atoms with Gasteiger partial charge in [-0.3, -0.25) is 10.4 Å². The zero-order valence-corrected chi connectivity index (χ0v) is 24.1. The van der Waals surface area contributed by atoms with E-state index < -0.39 is 5.82 Å². The van der Waals surface area contributed by atoms with Crippen molar-refractivity contribution in [1.82, 2.24) is 24.7 Å². The van der Waals surface area contributed by atoms with Crippen molar-refractivity contribution >= 4 is 46.4 Å². The number of carbonyl (C=O) groups excluding carboxylic acids is 1. The van der Waals surface area contributed by atoms with Crippen LogP contribution < -0.4 is 15.4 Å². The van der Waals surface area contributed by atoms with Gasteiger partial charge in [-0.15, -0.1) is 0 Å². The zero-order valence-electron chi connectivity index (χ0n) is 22.6. The topological polar surface area (TPSA) is 115 Å². The molecule has 10 nitrogen and oxygen atoms in total. The number of hydrogen-bond acceptors (Lipinski definition) is 8. The predicted octanol–water partition coefficient (Wildman–Crippen LogP) is 3.99. The number of pyridine rings is 2. The summed E-state index contributed by atoms with van der Waals surface area (Å²) in [5.74, 6) is 0.0976. The zero-order chi connectivity index (χ0) is 29.1. The maximum absolute atomic E-state index is 15.3. The second kappa shape index (κ2) is 12.5. The van der Waals surface area contributed by atoms with Crippen molar-refractivity contribution in [3.8, 4) is 5.75 Å². The Labute approximate surface area is 247 Å². The summed E-state index contributed by atoms with van der Waals surface area (Å²) in [7, 11) is 2.05. The van der Waals surface area contributed by atoms with Crippen molar-refractivity contribution in [2.75, 3.05) is 70.0 Å². The van der Waals surface area contributed by atoms with E-state index in [1.54, 1.807) is 18.2 Å². The van der Waals surface area contributed by atoms with Crippen LogP contribution in [-0.4, -0.2) is 95.8 Å². The molecule has 0 radical (unpaired) electrons. The molecule has 0 spiro atoms. The van der Waals surface area contributed by atoms with Gasteiger partial charge in [-0.2, -0.15) is 0 Å². The smallest absolute Gasteiger partial charge is 0.320 e. The van der Waals surface area contributed by atoms with Crippen LogP contribution in [-0.2, 0) is 6.61 Å². The van der Waals surface area contributed by atoms with E-state index in [-0.39, 0.29) is 29.7 Å². The highest BCUT2D eigenvalue weighted by Crippen LogP contribution is 2.28. The molecule has 0 bridgehead atoms. The van der Waals surface area contributed by atoms with E-state index in [2.05, 4.69) is 14.9 Å². The van der Waals surface area contributed by atoms with Crippen LogP contribution in [0.25, 0.3) is 0 Å². The molecule has 0 aliphatic carbocycles. The third-order valence-corrected chi connectivity index (χ3v) is 8.01. The third-order valence-electron chi connectivity index (χ3n) is 7.36. The van der Waals surface area contributed by atoms with Crippen molar-refractivity contribution in [2.24, 2.45) is 0 Å². The van der Waals surface area contributed by atoms with E-state index in [1.807, 2.05) is 21.7 Å². The van der Waals surface area contributed by atoms with Crippen LogP contribution in [0.3, 0.4) is 0 Å². The Morgan fingerprint density at radius 3 is 2.27 bits per heavy atom. The number of nitrogens with zero attached hydrogens (tertiary/aromatic N) is 6. The number of rotatable bonds is 6. The summed E-state index contributed by atoms with van der Waals surface area (Å²) in [6.07, 6.45) is 4.43. The number of urea groups is 1. The average Bonchev–Trinajstić information content (AvgIpc) is 2.97. The van der Waals surface area contributed by atoms with Gasteiger partial charge in [0, 0.05) is 93.3 Å². The number of halogens is 3. The standard InChI is InChI=1S/C28H31Cl2FN8O2/c1-36-4-6-38(7-5-36)28(40)39-10-8-37(9-11-39)27-24(31)12-18(14-35-27)26(33)20-13-19(2-3-25(20)32)41-17-21-22(29)15-34-16-23(21)30/h2-3,12-16,33H,4-11,17,32H2,1H3. The molecular weight excluding hydrogens is 570 g/mol. The largest absolute Gasteiger partial charge is 0.489 e. The Kier molecular flexibility index (Phi) is 8.77. The van der Waals surface area contributed by atoms with Gasteiger partial charge in [-0.25, -0.2) is 14.2 Å². The molecule has 13 heteroatoms. The number of piperazine rings is 2. The van der Waals surface area contributed by atoms with E-state index in [0.29, 0.717) is 71.9 Å². The minimum atomic E-state index is -0.543. The number of nitrogens with two attached hydrogens (primary N) is 1. The summed E-state index contributed by atoms with van der Waals surface area (Å²) in [5, 5.41) is 9.47. The molecule has 2 fully saturated rings. The van der Waals surface area contributed by atoms with Crippen molar-refractivity contribution in [2.45, 2.75) is 6.61 Å². The van der Waals surface area contributed by atoms with Crippen LogP contribution in [0, 0.1) is 11.2 Å². The lowest BCUT2D eigenvalue weighted by Gasteiger charge is -2.40. The normalized spacial score (nSPS) is 16.1. The van der Waals surface area contributed by atoms with E-state index in [0.717, 1.165) is 13.1 Å². The number of nitrogens with one attached hydrogen (secondary N) is 1. The lowest BCUT2D eigenvalue weighted by molar-refractivity contribution is 0.120. The molecule has 2 aromatic heterocycles. The molecule has 3 aromatic rings. The first-order chi connectivity index (χ1) is 19.7. The van der Waals surface area contributed by atoms with Gasteiger partial charge in [-0.05, 0) is 31.3 Å². The minimum absolute atomic E-state index is 0.00784. The van der Waals surface area contributed by atoms with E-state index in [9.17, 15) is 4.79 Å². The Hall–Kier alpha value is -3.67. The van der Waals surface area contributed by atoms with Crippen LogP contribution in [0.5, 0.6) is 5.75 Å².